The van der Waals surface area contributed by atoms with Crippen LogP contribution in [0.1, 0.15) is 18.4 Å². The van der Waals surface area contributed by atoms with Crippen LogP contribution in [0.3, 0.4) is 0 Å². The van der Waals surface area contributed by atoms with Gasteiger partial charge in [0.1, 0.15) is 5.82 Å². The van der Waals surface area contributed by atoms with Crippen molar-refractivity contribution in [2.24, 2.45) is 5.92 Å². The first kappa shape index (κ1) is 16.2. The Kier molecular flexibility index (Phi) is 5.13. The molecule has 5 nitrogen and oxygen atoms in total. The van der Waals surface area contributed by atoms with Crippen LogP contribution >= 0.6 is 0 Å². The van der Waals surface area contributed by atoms with E-state index in [-0.39, 0.29) is 18.0 Å². The van der Waals surface area contributed by atoms with Crippen molar-refractivity contribution in [2.75, 3.05) is 32.7 Å². The highest BCUT2D eigenvalue weighted by Crippen LogP contribution is 2.32. The first-order valence-electron chi connectivity index (χ1n) is 8.29. The fourth-order valence-electron chi connectivity index (χ4n) is 2.92. The van der Waals surface area contributed by atoms with E-state index < -0.39 is 0 Å². The van der Waals surface area contributed by atoms with Crippen molar-refractivity contribution in [3.63, 3.8) is 0 Å². The van der Waals surface area contributed by atoms with Crippen LogP contribution in [0.4, 0.5) is 9.18 Å². The van der Waals surface area contributed by atoms with Gasteiger partial charge in [-0.1, -0.05) is 12.1 Å². The van der Waals surface area contributed by atoms with Crippen molar-refractivity contribution in [3.05, 3.63) is 35.6 Å². The van der Waals surface area contributed by atoms with Gasteiger partial charge in [0.2, 0.25) is 0 Å². The highest BCUT2D eigenvalue weighted by molar-refractivity contribution is 5.74. The molecule has 126 valence electrons. The van der Waals surface area contributed by atoms with Gasteiger partial charge in [0.05, 0.1) is 6.10 Å². The van der Waals surface area contributed by atoms with Gasteiger partial charge in [0.25, 0.3) is 0 Å². The van der Waals surface area contributed by atoms with E-state index in [2.05, 4.69) is 10.2 Å². The number of carbonyl (C=O) groups excluding carboxylic acids is 1. The molecular formula is C17H24FN3O2. The number of aliphatic hydroxyl groups excluding tert-OH is 1. The normalized spacial score (nSPS) is 20.3. The molecule has 1 aromatic rings. The van der Waals surface area contributed by atoms with Crippen LogP contribution < -0.4 is 5.32 Å². The van der Waals surface area contributed by atoms with Crippen molar-refractivity contribution in [3.8, 4) is 0 Å². The summed E-state index contributed by atoms with van der Waals surface area (Å²) in [5, 5.41) is 12.9. The van der Waals surface area contributed by atoms with Crippen LogP contribution in [0.5, 0.6) is 0 Å². The number of β-amino-alcohol motifs (C(OH)–C–C–N with tert-alkyl or cyclic N) is 1. The van der Waals surface area contributed by atoms with Gasteiger partial charge < -0.3 is 15.3 Å². The second-order valence-electron chi connectivity index (χ2n) is 6.48. The smallest absolute Gasteiger partial charge is 0.317 e. The second kappa shape index (κ2) is 7.27. The lowest BCUT2D eigenvalue weighted by Crippen LogP contribution is -2.53. The van der Waals surface area contributed by atoms with E-state index in [1.54, 1.807) is 17.0 Å². The van der Waals surface area contributed by atoms with Crippen molar-refractivity contribution in [2.45, 2.75) is 25.5 Å². The molecule has 3 rings (SSSR count). The van der Waals surface area contributed by atoms with Gasteiger partial charge in [-0.15, -0.1) is 0 Å². The quantitative estimate of drug-likeness (QED) is 0.862. The van der Waals surface area contributed by atoms with Crippen LogP contribution in [-0.2, 0) is 6.54 Å². The van der Waals surface area contributed by atoms with E-state index in [1.807, 2.05) is 0 Å². The molecule has 1 heterocycles. The minimum absolute atomic E-state index is 0.0864. The van der Waals surface area contributed by atoms with Crippen LogP contribution in [0, 0.1) is 11.7 Å². The summed E-state index contributed by atoms with van der Waals surface area (Å²) >= 11 is 0. The van der Waals surface area contributed by atoms with Crippen molar-refractivity contribution >= 4 is 6.03 Å². The summed E-state index contributed by atoms with van der Waals surface area (Å²) in [5.74, 6) is 0.219. The summed E-state index contributed by atoms with van der Waals surface area (Å²) in [7, 11) is 0. The number of amides is 2. The van der Waals surface area contributed by atoms with Crippen LogP contribution in [0.25, 0.3) is 0 Å². The Bertz CT molecular complexity index is 525. The number of urea groups is 1. The third-order valence-electron chi connectivity index (χ3n) is 4.63. The lowest BCUT2D eigenvalue weighted by Gasteiger charge is -2.35. The Labute approximate surface area is 136 Å². The lowest BCUT2D eigenvalue weighted by molar-refractivity contribution is 0.0696. The van der Waals surface area contributed by atoms with Gasteiger partial charge in [-0.2, -0.15) is 0 Å². The Morgan fingerprint density at radius 2 is 1.87 bits per heavy atom. The van der Waals surface area contributed by atoms with Gasteiger partial charge in [0.15, 0.2) is 0 Å². The van der Waals surface area contributed by atoms with E-state index in [0.717, 1.165) is 38.0 Å². The van der Waals surface area contributed by atoms with Crippen molar-refractivity contribution in [1.82, 2.24) is 15.1 Å². The Morgan fingerprint density at radius 3 is 2.48 bits per heavy atom. The summed E-state index contributed by atoms with van der Waals surface area (Å²) in [6, 6.07) is 6.05. The third kappa shape index (κ3) is 4.65. The maximum absolute atomic E-state index is 12.8. The van der Waals surface area contributed by atoms with Gasteiger partial charge >= 0.3 is 6.03 Å². The molecule has 1 saturated carbocycles. The molecule has 1 saturated heterocycles. The molecule has 0 aromatic heterocycles. The number of hydrogen-bond donors (Lipinski definition) is 2. The van der Waals surface area contributed by atoms with E-state index >= 15 is 0 Å². The number of hydrogen-bond acceptors (Lipinski definition) is 3. The maximum atomic E-state index is 12.8. The molecule has 0 spiro atoms. The predicted octanol–water partition coefficient (Wildman–Crippen LogP) is 1.42. The summed E-state index contributed by atoms with van der Waals surface area (Å²) < 4.78 is 12.8. The molecule has 1 atom stereocenters. The van der Waals surface area contributed by atoms with Crippen molar-refractivity contribution < 1.29 is 14.3 Å². The van der Waals surface area contributed by atoms with Gasteiger partial charge in [-0.05, 0) is 36.5 Å². The van der Waals surface area contributed by atoms with E-state index in [1.165, 1.54) is 12.1 Å². The molecule has 1 aliphatic carbocycles. The van der Waals surface area contributed by atoms with Gasteiger partial charge in [-0.25, -0.2) is 9.18 Å². The number of piperazine rings is 1. The minimum Gasteiger partial charge on any atom is -0.392 e. The van der Waals surface area contributed by atoms with Gasteiger partial charge in [0, 0.05) is 39.3 Å². The fourth-order valence-corrected chi connectivity index (χ4v) is 2.92. The molecule has 2 aliphatic rings. The maximum Gasteiger partial charge on any atom is 0.317 e. The van der Waals surface area contributed by atoms with Crippen LogP contribution in [0.15, 0.2) is 24.3 Å². The fraction of sp³-hybridized carbons (Fsp3) is 0.588. The zero-order valence-corrected chi connectivity index (χ0v) is 13.2. The lowest BCUT2D eigenvalue weighted by atomic mass is 10.2. The first-order chi connectivity index (χ1) is 11.1. The number of rotatable bonds is 5. The van der Waals surface area contributed by atoms with Crippen LogP contribution in [-0.4, -0.2) is 59.8 Å². The molecule has 2 N–H and O–H groups in total. The molecule has 1 aromatic carbocycles. The number of aliphatic hydroxyl groups is 1. The third-order valence-corrected chi connectivity index (χ3v) is 4.63. The van der Waals surface area contributed by atoms with Crippen molar-refractivity contribution in [1.29, 1.82) is 0 Å². The van der Waals surface area contributed by atoms with Crippen LogP contribution in [0.2, 0.25) is 0 Å². The van der Waals surface area contributed by atoms with E-state index in [9.17, 15) is 14.3 Å². The molecule has 1 aliphatic heterocycles. The topological polar surface area (TPSA) is 55.8 Å². The number of nitrogens with zero attached hydrogens (tertiary/aromatic N) is 2. The molecule has 2 amide bonds. The minimum atomic E-state index is -0.274. The number of nitrogens with one attached hydrogen (secondary N) is 1. The number of halogens is 1. The Morgan fingerprint density at radius 1 is 1.22 bits per heavy atom. The summed E-state index contributed by atoms with van der Waals surface area (Å²) in [5.41, 5.74) is 0.881. The molecule has 0 bridgehead atoms. The molecule has 2 fully saturated rings. The summed E-state index contributed by atoms with van der Waals surface area (Å²) in [4.78, 5) is 16.2. The van der Waals surface area contributed by atoms with E-state index in [4.69, 9.17) is 0 Å². The highest BCUT2D eigenvalue weighted by atomic mass is 19.1. The molecule has 0 unspecified atom stereocenters. The SMILES string of the molecule is O=C(NCc1ccc(F)cc1)N1CCN(C[C@@H](O)C2CC2)CC1. The van der Waals surface area contributed by atoms with E-state index in [0.29, 0.717) is 25.6 Å². The zero-order chi connectivity index (χ0) is 16.2. The molecule has 6 heteroatoms. The average Bonchev–Trinajstić information content (AvgIpc) is 3.40. The number of carbonyl (C=O) groups is 1. The zero-order valence-electron chi connectivity index (χ0n) is 13.2. The molecule has 23 heavy (non-hydrogen) atoms. The Hall–Kier alpha value is -1.66. The second-order valence-corrected chi connectivity index (χ2v) is 6.48. The molecular weight excluding hydrogens is 297 g/mol. The molecule has 0 radical (unpaired) electrons. The van der Waals surface area contributed by atoms with Gasteiger partial charge in [-0.3, -0.25) is 4.90 Å². The number of benzene rings is 1. The Balaban J connectivity index is 1.38. The average molecular weight is 321 g/mol. The highest BCUT2D eigenvalue weighted by Gasteiger charge is 2.32. The largest absolute Gasteiger partial charge is 0.392 e. The summed E-state index contributed by atoms with van der Waals surface area (Å²) in [6.07, 6.45) is 2.08. The standard InChI is InChI=1S/C17H24FN3O2/c18-15-5-1-13(2-6-15)11-19-17(23)21-9-7-20(8-10-21)12-16(22)14-3-4-14/h1-2,5-6,14,16,22H,3-4,7-12H2,(H,19,23)/t16-/m1/s1. The summed E-state index contributed by atoms with van der Waals surface area (Å²) in [6.45, 7) is 4.07. The predicted molar refractivity (Wildman–Crippen MR) is 85.4 cm³/mol. The first-order valence-corrected chi connectivity index (χ1v) is 8.29. The monoisotopic (exact) mass is 321 g/mol.